The molecule has 3 rings (SSSR count). The van der Waals surface area contributed by atoms with Gasteiger partial charge in [-0.1, -0.05) is 6.07 Å². The molecule has 6 nitrogen and oxygen atoms in total. The fourth-order valence-electron chi connectivity index (χ4n) is 2.65. The van der Waals surface area contributed by atoms with Gasteiger partial charge in [-0.15, -0.1) is 0 Å². The first-order valence-electron chi connectivity index (χ1n) is 7.42. The van der Waals surface area contributed by atoms with E-state index in [0.717, 1.165) is 23.4 Å². The molecule has 1 aliphatic heterocycles. The maximum Gasteiger partial charge on any atom is 0.420 e. The number of urea groups is 1. The Hall–Kier alpha value is -2.29. The minimum Gasteiger partial charge on any atom is -0.365 e. The fraction of sp³-hybridized carbons (Fsp3) is 0.467. The lowest BCUT2D eigenvalue weighted by Crippen LogP contribution is -2.72. The number of alkyl halides is 3. The minimum atomic E-state index is -4.49. The number of nitrogens with zero attached hydrogens (tertiary/aromatic N) is 3. The number of imidazole rings is 1. The first-order valence-corrected chi connectivity index (χ1v) is 7.42. The van der Waals surface area contributed by atoms with Crippen molar-refractivity contribution in [3.05, 3.63) is 36.3 Å². The minimum absolute atomic E-state index is 0.297. The van der Waals surface area contributed by atoms with Crippen molar-refractivity contribution in [2.75, 3.05) is 26.7 Å². The molecule has 2 aromatic heterocycles. The highest BCUT2D eigenvalue weighted by atomic mass is 19.4. The Balaban J connectivity index is 1.48. The van der Waals surface area contributed by atoms with E-state index in [1.54, 1.807) is 0 Å². The third kappa shape index (κ3) is 2.91. The van der Waals surface area contributed by atoms with Gasteiger partial charge < -0.3 is 19.4 Å². The van der Waals surface area contributed by atoms with Crippen LogP contribution in [0.2, 0.25) is 0 Å². The largest absolute Gasteiger partial charge is 0.420 e. The topological polar surface area (TPSA) is 58.9 Å². The molecule has 0 aromatic carbocycles. The Kier molecular flexibility index (Phi) is 4.12. The zero-order valence-corrected chi connectivity index (χ0v) is 13.0. The first-order chi connectivity index (χ1) is 11.3. The van der Waals surface area contributed by atoms with Gasteiger partial charge in [-0.3, -0.25) is 0 Å². The van der Waals surface area contributed by atoms with Crippen LogP contribution in [-0.2, 0) is 11.2 Å². The highest BCUT2D eigenvalue weighted by molar-refractivity contribution is 5.75. The molecule has 0 atom stereocenters. The van der Waals surface area contributed by atoms with Crippen LogP contribution >= 0.6 is 0 Å². The molecule has 2 aromatic rings. The number of hydrogen-bond acceptors (Lipinski definition) is 3. The molecular weight excluding hydrogens is 325 g/mol. The molecule has 24 heavy (non-hydrogen) atoms. The highest BCUT2D eigenvalue weighted by Crippen LogP contribution is 2.40. The summed E-state index contributed by atoms with van der Waals surface area (Å²) < 4.78 is 45.1. The van der Waals surface area contributed by atoms with E-state index in [4.69, 9.17) is 0 Å². The summed E-state index contributed by atoms with van der Waals surface area (Å²) >= 11 is 0. The third-order valence-corrected chi connectivity index (χ3v) is 4.16. The molecule has 1 N–H and O–H groups in total. The lowest BCUT2D eigenvalue weighted by molar-refractivity contribution is -0.303. The number of amides is 2. The van der Waals surface area contributed by atoms with E-state index < -0.39 is 30.9 Å². The summed E-state index contributed by atoms with van der Waals surface area (Å²) in [4.78, 5) is 17.4. The molecule has 0 aliphatic carbocycles. The average molecular weight is 342 g/mol. The Labute approximate surface area is 136 Å². The molecule has 2 amide bonds. The van der Waals surface area contributed by atoms with Gasteiger partial charge in [0.05, 0.1) is 18.8 Å². The van der Waals surface area contributed by atoms with Crippen LogP contribution in [0.4, 0.5) is 18.0 Å². The fourth-order valence-corrected chi connectivity index (χ4v) is 2.65. The van der Waals surface area contributed by atoms with Crippen molar-refractivity contribution in [3.63, 3.8) is 0 Å². The van der Waals surface area contributed by atoms with Crippen LogP contribution in [0.3, 0.4) is 0 Å². The second kappa shape index (κ2) is 5.97. The molecule has 130 valence electrons. The van der Waals surface area contributed by atoms with Gasteiger partial charge in [-0.05, 0) is 12.1 Å². The Morgan fingerprint density at radius 2 is 2.17 bits per heavy atom. The van der Waals surface area contributed by atoms with Crippen LogP contribution in [0.5, 0.6) is 0 Å². The summed E-state index contributed by atoms with van der Waals surface area (Å²) in [6, 6.07) is 5.09. The van der Waals surface area contributed by atoms with Gasteiger partial charge >= 0.3 is 12.2 Å². The Bertz CT molecular complexity index is 705. The van der Waals surface area contributed by atoms with Crippen LogP contribution in [0.1, 0.15) is 5.69 Å². The molecule has 1 aliphatic rings. The summed E-state index contributed by atoms with van der Waals surface area (Å²) in [5.74, 6) is 0. The predicted molar refractivity (Wildman–Crippen MR) is 79.7 cm³/mol. The van der Waals surface area contributed by atoms with E-state index in [1.807, 2.05) is 35.0 Å². The van der Waals surface area contributed by atoms with Crippen molar-refractivity contribution in [1.29, 1.82) is 0 Å². The molecule has 0 unspecified atom stereocenters. The van der Waals surface area contributed by atoms with Crippen LogP contribution in [0, 0.1) is 0 Å². The van der Waals surface area contributed by atoms with E-state index in [1.165, 1.54) is 0 Å². The van der Waals surface area contributed by atoms with Crippen molar-refractivity contribution in [2.45, 2.75) is 18.2 Å². The number of likely N-dealkylation sites (tertiary alicyclic amines) is 1. The number of hydrogen-bond donors (Lipinski definition) is 1. The van der Waals surface area contributed by atoms with Gasteiger partial charge in [0.1, 0.15) is 5.65 Å². The summed E-state index contributed by atoms with van der Waals surface area (Å²) in [6.07, 6.45) is -0.276. The number of methoxy groups -OCH3 is 1. The lowest BCUT2D eigenvalue weighted by Gasteiger charge is -2.49. The van der Waals surface area contributed by atoms with E-state index in [0.29, 0.717) is 13.0 Å². The number of carbonyl (C=O) groups excluding carboxylic acids is 1. The van der Waals surface area contributed by atoms with Crippen molar-refractivity contribution < 1.29 is 22.7 Å². The second-order valence-corrected chi connectivity index (χ2v) is 5.73. The van der Waals surface area contributed by atoms with E-state index >= 15 is 0 Å². The molecule has 0 spiro atoms. The number of halogens is 3. The van der Waals surface area contributed by atoms with Crippen molar-refractivity contribution in [1.82, 2.24) is 19.6 Å². The highest BCUT2D eigenvalue weighted by Gasteiger charge is 2.63. The number of fused-ring (bicyclic) bond motifs is 1. The number of carbonyl (C=O) groups is 1. The van der Waals surface area contributed by atoms with Crippen molar-refractivity contribution >= 4 is 11.7 Å². The van der Waals surface area contributed by atoms with Gasteiger partial charge in [0.2, 0.25) is 0 Å². The first kappa shape index (κ1) is 16.6. The SMILES string of the molecule is COC1(C(F)(F)F)CN(C(=O)NCCc2cn3ccccc3n2)C1. The Morgan fingerprint density at radius 3 is 2.79 bits per heavy atom. The maximum atomic E-state index is 12.9. The number of pyridine rings is 1. The molecule has 0 bridgehead atoms. The number of aromatic nitrogens is 2. The van der Waals surface area contributed by atoms with Crippen molar-refractivity contribution in [3.8, 4) is 0 Å². The van der Waals surface area contributed by atoms with Gasteiger partial charge in [-0.2, -0.15) is 13.2 Å². The molecule has 9 heteroatoms. The smallest absolute Gasteiger partial charge is 0.365 e. The van der Waals surface area contributed by atoms with Crippen LogP contribution in [-0.4, -0.2) is 58.8 Å². The van der Waals surface area contributed by atoms with E-state index in [-0.39, 0.29) is 0 Å². The average Bonchev–Trinajstić information content (AvgIpc) is 2.87. The second-order valence-electron chi connectivity index (χ2n) is 5.73. The van der Waals surface area contributed by atoms with Gasteiger partial charge in [0, 0.05) is 32.5 Å². The summed E-state index contributed by atoms with van der Waals surface area (Å²) in [7, 11) is 1.01. The van der Waals surface area contributed by atoms with Gasteiger partial charge in [0.15, 0.2) is 5.60 Å². The number of ether oxygens (including phenoxy) is 1. The molecule has 1 saturated heterocycles. The van der Waals surface area contributed by atoms with Gasteiger partial charge in [-0.25, -0.2) is 9.78 Å². The van der Waals surface area contributed by atoms with Crippen LogP contribution in [0.25, 0.3) is 5.65 Å². The third-order valence-electron chi connectivity index (χ3n) is 4.16. The van der Waals surface area contributed by atoms with Crippen LogP contribution < -0.4 is 5.32 Å². The molecule has 0 radical (unpaired) electrons. The zero-order chi connectivity index (χ0) is 17.4. The van der Waals surface area contributed by atoms with E-state index in [9.17, 15) is 18.0 Å². The molecular formula is C15H17F3N4O2. The quantitative estimate of drug-likeness (QED) is 0.923. The molecule has 1 fully saturated rings. The number of nitrogens with one attached hydrogen (secondary N) is 1. The predicted octanol–water partition coefficient (Wildman–Crippen LogP) is 1.85. The summed E-state index contributed by atoms with van der Waals surface area (Å²) in [5.41, 5.74) is -0.644. The van der Waals surface area contributed by atoms with E-state index in [2.05, 4.69) is 15.0 Å². The summed E-state index contributed by atoms with van der Waals surface area (Å²) in [5, 5.41) is 2.61. The maximum absolute atomic E-state index is 12.9. The lowest BCUT2D eigenvalue weighted by atomic mass is 9.93. The zero-order valence-electron chi connectivity index (χ0n) is 13.0. The van der Waals surface area contributed by atoms with Crippen LogP contribution in [0.15, 0.2) is 30.6 Å². The van der Waals surface area contributed by atoms with Crippen molar-refractivity contribution in [2.24, 2.45) is 0 Å². The van der Waals surface area contributed by atoms with Gasteiger partial charge in [0.25, 0.3) is 0 Å². The molecule has 0 saturated carbocycles. The normalized spacial score (nSPS) is 16.9. The standard InChI is InChI=1S/C15H17F3N4O2/c1-24-14(15(16,17)18)9-22(10-14)13(23)19-6-5-11-8-21-7-3-2-4-12(21)20-11/h2-4,7-8H,5-6,9-10H2,1H3,(H,19,23). The molecule has 3 heterocycles. The Morgan fingerprint density at radius 1 is 1.42 bits per heavy atom. The number of rotatable bonds is 4. The summed E-state index contributed by atoms with van der Waals surface area (Å²) in [6.45, 7) is -0.689. The monoisotopic (exact) mass is 342 g/mol.